The van der Waals surface area contributed by atoms with Crippen LogP contribution in [-0.4, -0.2) is 29.7 Å². The Hall–Kier alpha value is -3.40. The van der Waals surface area contributed by atoms with Gasteiger partial charge in [0.05, 0.1) is 22.1 Å². The summed E-state index contributed by atoms with van der Waals surface area (Å²) >= 11 is 5.82. The van der Waals surface area contributed by atoms with E-state index in [1.807, 2.05) is 0 Å². The number of ether oxygens (including phenoxy) is 3. The maximum Gasteiger partial charge on any atom is 0.416 e. The second-order valence-electron chi connectivity index (χ2n) is 5.78. The minimum atomic E-state index is -4.64. The summed E-state index contributed by atoms with van der Waals surface area (Å²) in [7, 11) is 0. The van der Waals surface area contributed by atoms with E-state index in [4.69, 9.17) is 25.8 Å². The fourth-order valence-electron chi connectivity index (χ4n) is 2.30. The van der Waals surface area contributed by atoms with E-state index in [2.05, 4.69) is 0 Å². The van der Waals surface area contributed by atoms with Gasteiger partial charge in [-0.25, -0.2) is 9.59 Å². The lowest BCUT2D eigenvalue weighted by atomic mass is 10.1. The summed E-state index contributed by atoms with van der Waals surface area (Å²) in [5.74, 6) is -0.404. The maximum absolute atomic E-state index is 12.8. The highest BCUT2D eigenvalue weighted by Crippen LogP contribution is 2.39. The number of para-hydroxylation sites is 1. The van der Waals surface area contributed by atoms with Crippen LogP contribution in [0.1, 0.15) is 22.8 Å². The van der Waals surface area contributed by atoms with Crippen molar-refractivity contribution in [1.29, 1.82) is 0 Å². The molecule has 2 aromatic carbocycles. The van der Waals surface area contributed by atoms with E-state index in [1.165, 1.54) is 18.9 Å². The lowest BCUT2D eigenvalue weighted by Crippen LogP contribution is -2.19. The van der Waals surface area contributed by atoms with Gasteiger partial charge in [0.25, 0.3) is 0 Å². The van der Waals surface area contributed by atoms with Crippen molar-refractivity contribution in [2.45, 2.75) is 19.4 Å². The molecule has 0 radical (unpaired) electrons. The van der Waals surface area contributed by atoms with Crippen molar-refractivity contribution in [3.05, 3.63) is 68.7 Å². The normalized spacial score (nSPS) is 11.9. The van der Waals surface area contributed by atoms with Crippen LogP contribution < -0.4 is 4.74 Å². The molecular weight excluding hydrogens is 447 g/mol. The SMILES string of the molecule is CC(OCC=C=O)OC(=O)c1cccc(Oc2ccc(C(F)(F)F)cc2Cl)c1[N+](=O)[O-]. The monoisotopic (exact) mass is 459 g/mol. The zero-order chi connectivity index (χ0) is 23.2. The van der Waals surface area contributed by atoms with Gasteiger partial charge in [-0.2, -0.15) is 13.2 Å². The number of alkyl halides is 3. The first-order valence-corrected chi connectivity index (χ1v) is 8.76. The molecule has 0 aromatic heterocycles. The molecule has 8 nitrogen and oxygen atoms in total. The number of carbonyl (C=O) groups is 1. The fourth-order valence-corrected chi connectivity index (χ4v) is 2.52. The highest BCUT2D eigenvalue weighted by molar-refractivity contribution is 6.32. The molecule has 12 heteroatoms. The third kappa shape index (κ3) is 6.29. The van der Waals surface area contributed by atoms with E-state index in [9.17, 15) is 32.9 Å². The molecule has 2 rings (SSSR count). The number of hydrogen-bond acceptors (Lipinski definition) is 7. The van der Waals surface area contributed by atoms with Crippen molar-refractivity contribution in [3.63, 3.8) is 0 Å². The van der Waals surface area contributed by atoms with Gasteiger partial charge in [0.1, 0.15) is 17.3 Å². The molecule has 2 aromatic rings. The fraction of sp³-hybridized carbons (Fsp3) is 0.211. The highest BCUT2D eigenvalue weighted by atomic mass is 35.5. The molecule has 0 saturated heterocycles. The number of carbonyl (C=O) groups excluding carboxylic acids is 2. The molecule has 0 saturated carbocycles. The van der Waals surface area contributed by atoms with Crippen LogP contribution in [0.15, 0.2) is 42.5 Å². The van der Waals surface area contributed by atoms with Crippen LogP contribution in [0.25, 0.3) is 0 Å². The van der Waals surface area contributed by atoms with Gasteiger partial charge in [-0.3, -0.25) is 10.1 Å². The van der Waals surface area contributed by atoms with Gasteiger partial charge in [-0.1, -0.05) is 17.7 Å². The lowest BCUT2D eigenvalue weighted by molar-refractivity contribution is -0.386. The standard InChI is InChI=1S/C19H13ClF3NO7/c1-11(29-9-3-8-25)30-18(26)13-4-2-5-16(17(13)24(27)28)31-15-7-6-12(10-14(15)20)19(21,22)23/h2-7,10-11H,9H2,1H3. The molecule has 0 aliphatic carbocycles. The van der Waals surface area contributed by atoms with Crippen LogP contribution in [0.3, 0.4) is 0 Å². The van der Waals surface area contributed by atoms with Crippen molar-refractivity contribution < 1.29 is 41.9 Å². The molecule has 1 unspecified atom stereocenters. The van der Waals surface area contributed by atoms with Crippen molar-refractivity contribution in [2.24, 2.45) is 0 Å². The Morgan fingerprint density at radius 2 is 2.00 bits per heavy atom. The zero-order valence-electron chi connectivity index (χ0n) is 15.6. The maximum atomic E-state index is 12.8. The Morgan fingerprint density at radius 1 is 1.29 bits per heavy atom. The smallest absolute Gasteiger partial charge is 0.416 e. The van der Waals surface area contributed by atoms with Gasteiger partial charge < -0.3 is 14.2 Å². The number of halogens is 4. The largest absolute Gasteiger partial charge is 0.449 e. The zero-order valence-corrected chi connectivity index (χ0v) is 16.4. The minimum Gasteiger partial charge on any atom is -0.449 e. The van der Waals surface area contributed by atoms with Gasteiger partial charge in [-0.05, 0) is 37.3 Å². The Bertz CT molecular complexity index is 1040. The molecule has 0 fully saturated rings. The summed E-state index contributed by atoms with van der Waals surface area (Å²) in [6, 6.07) is 5.68. The average Bonchev–Trinajstić information content (AvgIpc) is 2.68. The van der Waals surface area contributed by atoms with E-state index in [0.717, 1.165) is 24.3 Å². The number of nitro benzene ring substituents is 1. The number of hydrogen-bond donors (Lipinski definition) is 0. The van der Waals surface area contributed by atoms with Crippen molar-refractivity contribution >= 4 is 29.2 Å². The van der Waals surface area contributed by atoms with Crippen molar-refractivity contribution in [1.82, 2.24) is 0 Å². The van der Waals surface area contributed by atoms with Gasteiger partial charge in [-0.15, -0.1) is 0 Å². The molecule has 0 bridgehead atoms. The van der Waals surface area contributed by atoms with E-state index < -0.39 is 50.9 Å². The van der Waals surface area contributed by atoms with Gasteiger partial charge in [0.15, 0.2) is 0 Å². The van der Waals surface area contributed by atoms with E-state index >= 15 is 0 Å². The predicted octanol–water partition coefficient (Wildman–Crippen LogP) is 4.97. The summed E-state index contributed by atoms with van der Waals surface area (Å²) in [6.07, 6.45) is -4.79. The number of nitro groups is 1. The lowest BCUT2D eigenvalue weighted by Gasteiger charge is -2.14. The first-order valence-electron chi connectivity index (χ1n) is 8.38. The van der Waals surface area contributed by atoms with Gasteiger partial charge in [0, 0.05) is 6.08 Å². The first kappa shape index (κ1) is 23.9. The molecule has 0 spiro atoms. The molecule has 0 amide bonds. The molecule has 0 aliphatic heterocycles. The van der Waals surface area contributed by atoms with E-state index in [-0.39, 0.29) is 12.4 Å². The van der Waals surface area contributed by atoms with Crippen LogP contribution in [-0.2, 0) is 20.4 Å². The summed E-state index contributed by atoms with van der Waals surface area (Å²) in [4.78, 5) is 33.1. The van der Waals surface area contributed by atoms with Crippen molar-refractivity contribution in [2.75, 3.05) is 6.61 Å². The Morgan fingerprint density at radius 3 is 2.58 bits per heavy atom. The molecule has 0 aliphatic rings. The highest BCUT2D eigenvalue weighted by Gasteiger charge is 2.32. The van der Waals surface area contributed by atoms with Gasteiger partial charge in [0.2, 0.25) is 12.0 Å². The number of benzene rings is 2. The van der Waals surface area contributed by atoms with Crippen LogP contribution in [0, 0.1) is 10.1 Å². The third-order valence-electron chi connectivity index (χ3n) is 3.65. The number of nitrogens with zero attached hydrogens (tertiary/aromatic N) is 1. The molecule has 31 heavy (non-hydrogen) atoms. The third-order valence-corrected chi connectivity index (χ3v) is 3.95. The van der Waals surface area contributed by atoms with Crippen LogP contribution in [0.2, 0.25) is 5.02 Å². The molecule has 164 valence electrons. The van der Waals surface area contributed by atoms with Crippen LogP contribution in [0.4, 0.5) is 18.9 Å². The average molecular weight is 460 g/mol. The van der Waals surface area contributed by atoms with Gasteiger partial charge >= 0.3 is 17.8 Å². The van der Waals surface area contributed by atoms with Crippen LogP contribution in [0.5, 0.6) is 11.5 Å². The molecular formula is C19H13ClF3NO7. The predicted molar refractivity (Wildman–Crippen MR) is 101 cm³/mol. The Kier molecular flexibility index (Phi) is 7.76. The Labute approximate surface area is 177 Å². The first-order chi connectivity index (χ1) is 14.5. The second-order valence-corrected chi connectivity index (χ2v) is 6.19. The Balaban J connectivity index is 2.33. The molecule has 0 N–H and O–H groups in total. The molecule has 0 heterocycles. The topological polar surface area (TPSA) is 105 Å². The summed E-state index contributed by atoms with van der Waals surface area (Å²) < 4.78 is 53.5. The van der Waals surface area contributed by atoms with Crippen LogP contribution >= 0.6 is 11.6 Å². The summed E-state index contributed by atoms with van der Waals surface area (Å²) in [5, 5.41) is 11.1. The number of esters is 1. The summed E-state index contributed by atoms with van der Waals surface area (Å²) in [5.41, 5.74) is -2.31. The summed E-state index contributed by atoms with van der Waals surface area (Å²) in [6.45, 7) is 1.13. The molecule has 1 atom stereocenters. The van der Waals surface area contributed by atoms with E-state index in [0.29, 0.717) is 12.1 Å². The second kappa shape index (κ2) is 10.1. The number of rotatable bonds is 8. The minimum absolute atomic E-state index is 0.199. The van der Waals surface area contributed by atoms with E-state index in [1.54, 1.807) is 0 Å². The quantitative estimate of drug-likeness (QED) is 0.180. The van der Waals surface area contributed by atoms with Crippen molar-refractivity contribution in [3.8, 4) is 11.5 Å².